The first-order chi connectivity index (χ1) is 11.1. The van der Waals surface area contributed by atoms with Crippen LogP contribution in [0.5, 0.6) is 0 Å². The van der Waals surface area contributed by atoms with E-state index in [1.165, 1.54) is 0 Å². The zero-order chi connectivity index (χ0) is 16.4. The first-order valence-corrected chi connectivity index (χ1v) is 7.24. The smallest absolute Gasteiger partial charge is 0.352 e. The second-order valence-electron chi connectivity index (χ2n) is 5.38. The number of nitrogens with one attached hydrogen (secondary N) is 2. The molecule has 1 heterocycles. The summed E-state index contributed by atoms with van der Waals surface area (Å²) in [5.41, 5.74) is 3.01. The van der Waals surface area contributed by atoms with E-state index >= 15 is 0 Å². The van der Waals surface area contributed by atoms with Gasteiger partial charge in [0.15, 0.2) is 0 Å². The Bertz CT molecular complexity index is 882. The highest BCUT2D eigenvalue weighted by Crippen LogP contribution is 2.24. The van der Waals surface area contributed by atoms with Crippen molar-refractivity contribution in [3.8, 4) is 0 Å². The number of carbonyl (C=O) groups is 2. The normalized spacial score (nSPS) is 10.7. The highest BCUT2D eigenvalue weighted by atomic mass is 16.4. The molecule has 2 aromatic carbocycles. The van der Waals surface area contributed by atoms with Gasteiger partial charge in [0.2, 0.25) is 0 Å². The molecule has 0 radical (unpaired) electrons. The monoisotopic (exact) mass is 308 g/mol. The van der Waals surface area contributed by atoms with Crippen LogP contribution in [0, 0.1) is 6.92 Å². The highest BCUT2D eigenvalue weighted by molar-refractivity contribution is 5.98. The summed E-state index contributed by atoms with van der Waals surface area (Å²) in [5, 5.41) is 13.0. The fraction of sp³-hybridized carbons (Fsp3) is 0.111. The molecule has 0 fully saturated rings. The lowest BCUT2D eigenvalue weighted by atomic mass is 10.1. The fourth-order valence-corrected chi connectivity index (χ4v) is 2.59. The molecule has 1 aromatic heterocycles. The van der Waals surface area contributed by atoms with Crippen molar-refractivity contribution < 1.29 is 14.7 Å². The molecular weight excluding hydrogens is 292 g/mol. The molecule has 0 atom stereocenters. The van der Waals surface area contributed by atoms with Gasteiger partial charge in [-0.25, -0.2) is 4.79 Å². The van der Waals surface area contributed by atoms with E-state index in [2.05, 4.69) is 10.3 Å². The zero-order valence-electron chi connectivity index (χ0n) is 12.6. The summed E-state index contributed by atoms with van der Waals surface area (Å²) in [5.74, 6) is -1.27. The molecular formula is C18H16N2O3. The number of aromatic amines is 1. The van der Waals surface area contributed by atoms with E-state index in [1.807, 2.05) is 31.2 Å². The van der Waals surface area contributed by atoms with Crippen LogP contribution >= 0.6 is 0 Å². The summed E-state index contributed by atoms with van der Waals surface area (Å²) in [7, 11) is 0. The molecule has 5 heteroatoms. The number of H-pyrrole nitrogens is 1. The average Bonchev–Trinajstić information content (AvgIpc) is 2.91. The Morgan fingerprint density at radius 3 is 2.57 bits per heavy atom. The van der Waals surface area contributed by atoms with Gasteiger partial charge in [0.1, 0.15) is 5.69 Å². The van der Waals surface area contributed by atoms with Crippen molar-refractivity contribution in [2.75, 3.05) is 0 Å². The summed E-state index contributed by atoms with van der Waals surface area (Å²) in [6, 6.07) is 14.5. The maximum Gasteiger partial charge on any atom is 0.352 e. The number of rotatable bonds is 4. The maximum atomic E-state index is 12.2. The van der Waals surface area contributed by atoms with Gasteiger partial charge in [0, 0.05) is 28.6 Å². The van der Waals surface area contributed by atoms with Crippen LogP contribution in [0.4, 0.5) is 0 Å². The van der Waals surface area contributed by atoms with Crippen LogP contribution in [-0.4, -0.2) is 22.0 Å². The van der Waals surface area contributed by atoms with Crippen molar-refractivity contribution in [3.63, 3.8) is 0 Å². The highest BCUT2D eigenvalue weighted by Gasteiger charge is 2.17. The summed E-state index contributed by atoms with van der Waals surface area (Å²) in [6.07, 6.45) is 0. The molecule has 3 N–H and O–H groups in total. The Kier molecular flexibility index (Phi) is 3.85. The average molecular weight is 308 g/mol. The lowest BCUT2D eigenvalue weighted by Gasteiger charge is -2.06. The summed E-state index contributed by atoms with van der Waals surface area (Å²) in [6.45, 7) is 2.10. The van der Waals surface area contributed by atoms with Crippen molar-refractivity contribution in [1.29, 1.82) is 0 Å². The van der Waals surface area contributed by atoms with E-state index in [9.17, 15) is 14.7 Å². The topological polar surface area (TPSA) is 82.2 Å². The van der Waals surface area contributed by atoms with Crippen molar-refractivity contribution in [2.24, 2.45) is 0 Å². The zero-order valence-corrected chi connectivity index (χ0v) is 12.6. The molecule has 0 saturated carbocycles. The second kappa shape index (κ2) is 5.96. The van der Waals surface area contributed by atoms with Gasteiger partial charge in [-0.3, -0.25) is 4.79 Å². The SMILES string of the molecule is Cc1ccc2[nH]c(C(=O)O)c(CNC(=O)c3ccccc3)c2c1. The minimum Gasteiger partial charge on any atom is -0.477 e. The molecule has 5 nitrogen and oxygen atoms in total. The third-order valence-corrected chi connectivity index (χ3v) is 3.74. The first kappa shape index (κ1) is 14.8. The molecule has 3 rings (SSSR count). The van der Waals surface area contributed by atoms with E-state index in [0.717, 1.165) is 16.5 Å². The van der Waals surface area contributed by atoms with Gasteiger partial charge in [-0.05, 0) is 31.2 Å². The molecule has 0 bridgehead atoms. The van der Waals surface area contributed by atoms with E-state index in [-0.39, 0.29) is 18.1 Å². The lowest BCUT2D eigenvalue weighted by molar-refractivity contribution is 0.0689. The molecule has 116 valence electrons. The van der Waals surface area contributed by atoms with Crippen molar-refractivity contribution in [2.45, 2.75) is 13.5 Å². The van der Waals surface area contributed by atoms with Crippen molar-refractivity contribution in [3.05, 3.63) is 70.9 Å². The molecule has 0 spiro atoms. The van der Waals surface area contributed by atoms with Crippen LogP contribution in [0.2, 0.25) is 0 Å². The summed E-state index contributed by atoms with van der Waals surface area (Å²) in [4.78, 5) is 26.5. The third kappa shape index (κ3) is 2.94. The van der Waals surface area contributed by atoms with Gasteiger partial charge in [0.05, 0.1) is 0 Å². The van der Waals surface area contributed by atoms with Crippen LogP contribution < -0.4 is 5.32 Å². The largest absolute Gasteiger partial charge is 0.477 e. The molecule has 0 aliphatic carbocycles. The molecule has 1 amide bonds. The Labute approximate surface area is 133 Å². The summed E-state index contributed by atoms with van der Waals surface area (Å²) < 4.78 is 0. The van der Waals surface area contributed by atoms with Gasteiger partial charge in [-0.15, -0.1) is 0 Å². The number of benzene rings is 2. The van der Waals surface area contributed by atoms with E-state index < -0.39 is 5.97 Å². The number of carboxylic acids is 1. The number of fused-ring (bicyclic) bond motifs is 1. The minimum absolute atomic E-state index is 0.110. The number of carboxylic acid groups (broad SMARTS) is 1. The molecule has 0 saturated heterocycles. The van der Waals surface area contributed by atoms with E-state index in [1.54, 1.807) is 24.3 Å². The molecule has 0 unspecified atom stereocenters. The molecule has 0 aliphatic rings. The van der Waals surface area contributed by atoms with Crippen LogP contribution in [-0.2, 0) is 6.54 Å². The molecule has 3 aromatic rings. The van der Waals surface area contributed by atoms with Gasteiger partial charge < -0.3 is 15.4 Å². The van der Waals surface area contributed by atoms with Crippen LogP contribution in [0.1, 0.15) is 32.0 Å². The van der Waals surface area contributed by atoms with Crippen molar-refractivity contribution in [1.82, 2.24) is 10.3 Å². The Hall–Kier alpha value is -3.08. The maximum absolute atomic E-state index is 12.2. The number of hydrogen-bond acceptors (Lipinski definition) is 2. The Morgan fingerprint density at radius 2 is 1.87 bits per heavy atom. The molecule has 23 heavy (non-hydrogen) atoms. The second-order valence-corrected chi connectivity index (χ2v) is 5.38. The van der Waals surface area contributed by atoms with Gasteiger partial charge in [0.25, 0.3) is 5.91 Å². The van der Waals surface area contributed by atoms with Crippen LogP contribution in [0.3, 0.4) is 0 Å². The Balaban J connectivity index is 1.92. The van der Waals surface area contributed by atoms with Gasteiger partial charge >= 0.3 is 5.97 Å². The summed E-state index contributed by atoms with van der Waals surface area (Å²) >= 11 is 0. The van der Waals surface area contributed by atoms with Gasteiger partial charge in [-0.2, -0.15) is 0 Å². The third-order valence-electron chi connectivity index (χ3n) is 3.74. The fourth-order valence-electron chi connectivity index (χ4n) is 2.59. The minimum atomic E-state index is -1.04. The lowest BCUT2D eigenvalue weighted by Crippen LogP contribution is -2.23. The first-order valence-electron chi connectivity index (χ1n) is 7.24. The van der Waals surface area contributed by atoms with Crippen LogP contribution in [0.15, 0.2) is 48.5 Å². The number of aryl methyl sites for hydroxylation is 1. The Morgan fingerprint density at radius 1 is 1.13 bits per heavy atom. The van der Waals surface area contributed by atoms with Crippen molar-refractivity contribution >= 4 is 22.8 Å². The van der Waals surface area contributed by atoms with Gasteiger partial charge in [-0.1, -0.05) is 29.8 Å². The molecule has 0 aliphatic heterocycles. The number of aromatic carboxylic acids is 1. The number of carbonyl (C=O) groups excluding carboxylic acids is 1. The van der Waals surface area contributed by atoms with E-state index in [0.29, 0.717) is 11.1 Å². The quantitative estimate of drug-likeness (QED) is 0.692. The number of amides is 1. The predicted molar refractivity (Wildman–Crippen MR) is 87.6 cm³/mol. The number of aromatic nitrogens is 1. The standard InChI is InChI=1S/C18H16N2O3/c1-11-7-8-15-13(9-11)14(16(20-15)18(22)23)10-19-17(21)12-5-3-2-4-6-12/h2-9,20H,10H2,1H3,(H,19,21)(H,22,23). The van der Waals surface area contributed by atoms with E-state index in [4.69, 9.17) is 0 Å². The predicted octanol–water partition coefficient (Wildman–Crippen LogP) is 3.10. The van der Waals surface area contributed by atoms with Crippen LogP contribution in [0.25, 0.3) is 10.9 Å². The number of hydrogen-bond donors (Lipinski definition) is 3.